The van der Waals surface area contributed by atoms with Crippen LogP contribution in [0.25, 0.3) is 11.3 Å². The van der Waals surface area contributed by atoms with Crippen LogP contribution in [0.5, 0.6) is 11.5 Å². The van der Waals surface area contributed by atoms with Crippen molar-refractivity contribution < 1.29 is 17.9 Å². The van der Waals surface area contributed by atoms with Crippen molar-refractivity contribution >= 4 is 21.4 Å². The highest BCUT2D eigenvalue weighted by atomic mass is 32.2. The second kappa shape index (κ2) is 7.81. The fraction of sp³-hybridized carbons (Fsp3) is 0.176. The number of hydrogen-bond donors (Lipinski definition) is 1. The van der Waals surface area contributed by atoms with Gasteiger partial charge in [-0.25, -0.2) is 18.1 Å². The summed E-state index contributed by atoms with van der Waals surface area (Å²) in [6.45, 7) is 0.0988. The zero-order valence-corrected chi connectivity index (χ0v) is 15.8. The van der Waals surface area contributed by atoms with Gasteiger partial charge in [0.25, 0.3) is 0 Å². The van der Waals surface area contributed by atoms with Crippen molar-refractivity contribution in [2.24, 2.45) is 0 Å². The van der Waals surface area contributed by atoms with E-state index >= 15 is 0 Å². The van der Waals surface area contributed by atoms with Crippen LogP contribution >= 0.6 is 11.3 Å². The summed E-state index contributed by atoms with van der Waals surface area (Å²) in [6.07, 6.45) is 3.40. The van der Waals surface area contributed by atoms with Crippen molar-refractivity contribution in [2.75, 3.05) is 14.2 Å². The first-order valence-electron chi connectivity index (χ1n) is 7.60. The number of aromatic nitrogens is 2. The summed E-state index contributed by atoms with van der Waals surface area (Å²) in [6, 6.07) is 8.17. The molecule has 1 N–H and O–H groups in total. The smallest absolute Gasteiger partial charge is 0.241 e. The Bertz CT molecular complexity index is 988. The molecule has 0 aliphatic carbocycles. The lowest BCUT2D eigenvalue weighted by molar-refractivity contribution is 0.354. The molecule has 1 aromatic carbocycles. The monoisotopic (exact) mass is 391 g/mol. The van der Waals surface area contributed by atoms with Gasteiger partial charge in [-0.05, 0) is 24.3 Å². The van der Waals surface area contributed by atoms with E-state index in [-0.39, 0.29) is 11.4 Å². The molecule has 0 saturated heterocycles. The summed E-state index contributed by atoms with van der Waals surface area (Å²) < 4.78 is 37.9. The molecule has 0 aliphatic rings. The standard InChI is InChI=1S/C17H17N3O4S2/c1-23-15-6-5-13(8-16(15)24-2)26(21,22)19-10-17-20-14(11-25-17)12-4-3-7-18-9-12/h3-9,11,19H,10H2,1-2H3. The second-order valence-electron chi connectivity index (χ2n) is 5.21. The Morgan fingerprint density at radius 2 is 1.96 bits per heavy atom. The van der Waals surface area contributed by atoms with E-state index in [1.165, 1.54) is 37.7 Å². The molecule has 0 unspecified atom stereocenters. The molecule has 0 radical (unpaired) electrons. The molecule has 0 atom stereocenters. The van der Waals surface area contributed by atoms with Gasteiger partial charge < -0.3 is 9.47 Å². The van der Waals surface area contributed by atoms with Gasteiger partial charge in [0.05, 0.1) is 31.4 Å². The molecule has 7 nitrogen and oxygen atoms in total. The van der Waals surface area contributed by atoms with E-state index in [4.69, 9.17) is 9.47 Å². The lowest BCUT2D eigenvalue weighted by atomic mass is 10.2. The van der Waals surface area contributed by atoms with E-state index in [1.807, 2.05) is 17.5 Å². The van der Waals surface area contributed by atoms with Crippen molar-refractivity contribution in [3.63, 3.8) is 0 Å². The van der Waals surface area contributed by atoms with Crippen molar-refractivity contribution in [2.45, 2.75) is 11.4 Å². The topological polar surface area (TPSA) is 90.4 Å². The van der Waals surface area contributed by atoms with Gasteiger partial charge in [-0.2, -0.15) is 0 Å². The lowest BCUT2D eigenvalue weighted by Gasteiger charge is -2.10. The van der Waals surface area contributed by atoms with E-state index in [0.717, 1.165) is 11.3 Å². The number of nitrogens with zero attached hydrogens (tertiary/aromatic N) is 2. The molecule has 0 amide bonds. The maximum absolute atomic E-state index is 12.5. The second-order valence-corrected chi connectivity index (χ2v) is 7.92. The van der Waals surface area contributed by atoms with Crippen LogP contribution in [0.4, 0.5) is 0 Å². The van der Waals surface area contributed by atoms with Crippen LogP contribution < -0.4 is 14.2 Å². The quantitative estimate of drug-likeness (QED) is 0.666. The molecule has 0 bridgehead atoms. The third-order valence-electron chi connectivity index (χ3n) is 3.59. The van der Waals surface area contributed by atoms with Crippen molar-refractivity contribution in [1.82, 2.24) is 14.7 Å². The predicted molar refractivity (Wildman–Crippen MR) is 98.9 cm³/mol. The molecule has 3 aromatic rings. The summed E-state index contributed by atoms with van der Waals surface area (Å²) in [5, 5.41) is 2.53. The first-order valence-corrected chi connectivity index (χ1v) is 9.96. The first-order chi connectivity index (χ1) is 12.5. The molecule has 2 heterocycles. The summed E-state index contributed by atoms with van der Waals surface area (Å²) in [4.78, 5) is 8.60. The van der Waals surface area contributed by atoms with E-state index in [9.17, 15) is 8.42 Å². The summed E-state index contributed by atoms with van der Waals surface area (Å²) in [7, 11) is -0.754. The maximum atomic E-state index is 12.5. The number of sulfonamides is 1. The number of nitrogens with one attached hydrogen (secondary N) is 1. The number of methoxy groups -OCH3 is 2. The van der Waals surface area contributed by atoms with E-state index < -0.39 is 10.0 Å². The lowest BCUT2D eigenvalue weighted by Crippen LogP contribution is -2.23. The van der Waals surface area contributed by atoms with Crippen LogP contribution in [0, 0.1) is 0 Å². The Labute approximate surface area is 155 Å². The van der Waals surface area contributed by atoms with E-state index in [0.29, 0.717) is 16.5 Å². The third-order valence-corrected chi connectivity index (χ3v) is 5.84. The van der Waals surface area contributed by atoms with Gasteiger partial charge in [-0.15, -0.1) is 11.3 Å². The maximum Gasteiger partial charge on any atom is 0.241 e. The molecule has 0 aliphatic heterocycles. The van der Waals surface area contributed by atoms with Crippen LogP contribution in [0.1, 0.15) is 5.01 Å². The van der Waals surface area contributed by atoms with Crippen molar-refractivity contribution in [3.8, 4) is 22.8 Å². The van der Waals surface area contributed by atoms with Gasteiger partial charge in [-0.3, -0.25) is 4.98 Å². The van der Waals surface area contributed by atoms with Gasteiger partial charge >= 0.3 is 0 Å². The van der Waals surface area contributed by atoms with E-state index in [1.54, 1.807) is 18.5 Å². The summed E-state index contributed by atoms with van der Waals surface area (Å²) >= 11 is 1.38. The number of hydrogen-bond acceptors (Lipinski definition) is 7. The molecule has 0 saturated carbocycles. The largest absolute Gasteiger partial charge is 0.493 e. The number of benzene rings is 1. The molecule has 3 rings (SSSR count). The van der Waals surface area contributed by atoms with E-state index in [2.05, 4.69) is 14.7 Å². The Hall–Kier alpha value is -2.49. The number of thiazole rings is 1. The number of ether oxygens (including phenoxy) is 2. The van der Waals surface area contributed by atoms with Crippen molar-refractivity contribution in [1.29, 1.82) is 0 Å². The highest BCUT2D eigenvalue weighted by molar-refractivity contribution is 7.89. The zero-order valence-electron chi connectivity index (χ0n) is 14.2. The summed E-state index contributed by atoms with van der Waals surface area (Å²) in [5.74, 6) is 0.816. The average molecular weight is 391 g/mol. The van der Waals surface area contributed by atoms with Gasteiger partial charge in [-0.1, -0.05) is 0 Å². The van der Waals surface area contributed by atoms with Crippen molar-refractivity contribution in [3.05, 3.63) is 53.1 Å². The Morgan fingerprint density at radius 1 is 1.15 bits per heavy atom. The Balaban J connectivity index is 1.74. The van der Waals surface area contributed by atoms with Gasteiger partial charge in [0.1, 0.15) is 5.01 Å². The predicted octanol–water partition coefficient (Wildman–Crippen LogP) is 2.70. The third kappa shape index (κ3) is 4.01. The highest BCUT2D eigenvalue weighted by Gasteiger charge is 2.17. The minimum absolute atomic E-state index is 0.0965. The van der Waals surface area contributed by atoms with Gasteiger partial charge in [0.2, 0.25) is 10.0 Å². The zero-order chi connectivity index (χ0) is 18.6. The van der Waals surface area contributed by atoms with Crippen LogP contribution in [-0.4, -0.2) is 32.6 Å². The van der Waals surface area contributed by atoms with Crippen LogP contribution in [0.15, 0.2) is 53.0 Å². The van der Waals surface area contributed by atoms with Crippen LogP contribution in [0.2, 0.25) is 0 Å². The molecule has 0 spiro atoms. The Morgan fingerprint density at radius 3 is 2.65 bits per heavy atom. The van der Waals surface area contributed by atoms with Crippen LogP contribution in [-0.2, 0) is 16.6 Å². The minimum Gasteiger partial charge on any atom is -0.493 e. The highest BCUT2D eigenvalue weighted by Crippen LogP contribution is 2.29. The number of pyridine rings is 1. The fourth-order valence-electron chi connectivity index (χ4n) is 2.26. The molecule has 26 heavy (non-hydrogen) atoms. The van der Waals surface area contributed by atoms with Crippen LogP contribution in [0.3, 0.4) is 0 Å². The molecular formula is C17H17N3O4S2. The molecule has 0 fully saturated rings. The fourth-order valence-corrected chi connectivity index (χ4v) is 4.10. The SMILES string of the molecule is COc1ccc(S(=O)(=O)NCc2nc(-c3cccnc3)cs2)cc1OC. The van der Waals surface area contributed by atoms with Gasteiger partial charge in [0.15, 0.2) is 11.5 Å². The normalized spacial score (nSPS) is 11.3. The number of rotatable bonds is 7. The molecular weight excluding hydrogens is 374 g/mol. The summed E-state index contributed by atoms with van der Waals surface area (Å²) in [5.41, 5.74) is 1.65. The average Bonchev–Trinajstić information content (AvgIpc) is 3.15. The Kier molecular flexibility index (Phi) is 5.50. The molecule has 2 aromatic heterocycles. The van der Waals surface area contributed by atoms with Gasteiger partial charge in [0, 0.05) is 29.4 Å². The molecule has 9 heteroatoms. The first kappa shape index (κ1) is 18.3. The minimum atomic E-state index is -3.70. The molecule has 136 valence electrons.